The van der Waals surface area contributed by atoms with Crippen LogP contribution < -0.4 is 50.4 Å². The topological polar surface area (TPSA) is 305 Å². The van der Waals surface area contributed by atoms with Crippen molar-refractivity contribution in [1.29, 1.82) is 0 Å². The Morgan fingerprint density at radius 3 is 1.81 bits per heavy atom. The maximum absolute atomic E-state index is 12.7. The van der Waals surface area contributed by atoms with Crippen LogP contribution in [0.2, 0.25) is 0 Å². The van der Waals surface area contributed by atoms with Crippen molar-refractivity contribution in [3.63, 3.8) is 0 Å². The van der Waals surface area contributed by atoms with Gasteiger partial charge in [-0.3, -0.25) is 24.4 Å². The van der Waals surface area contributed by atoms with Crippen LogP contribution in [0.1, 0.15) is 44.9 Å². The monoisotopic (exact) mass is 515 g/mol. The SMILES string of the molecule is NCCCC[C@H](N)C(=O)N[C@@H](CCCN=C(N)N)C(=O)NCC(=O)N[C@@H](CCCN=C(N)N)C(=O)O. The molecule has 0 aromatic rings. The van der Waals surface area contributed by atoms with E-state index in [1.54, 1.807) is 0 Å². The second kappa shape index (κ2) is 18.6. The van der Waals surface area contributed by atoms with Crippen LogP contribution in [0.4, 0.5) is 0 Å². The van der Waals surface area contributed by atoms with Crippen molar-refractivity contribution in [2.45, 2.75) is 63.1 Å². The normalized spacial score (nSPS) is 12.9. The van der Waals surface area contributed by atoms with Gasteiger partial charge in [0.1, 0.15) is 12.1 Å². The molecule has 0 radical (unpaired) electrons. The van der Waals surface area contributed by atoms with Gasteiger partial charge in [-0.25, -0.2) is 4.79 Å². The van der Waals surface area contributed by atoms with Crippen molar-refractivity contribution >= 4 is 35.6 Å². The molecule has 0 aliphatic heterocycles. The minimum atomic E-state index is -1.24. The molecule has 3 amide bonds. The van der Waals surface area contributed by atoms with Crippen LogP contribution in [0.15, 0.2) is 9.98 Å². The third-order valence-electron chi connectivity index (χ3n) is 4.89. The number of nitrogens with one attached hydrogen (secondary N) is 3. The zero-order valence-electron chi connectivity index (χ0n) is 20.4. The number of carboxylic acids is 1. The van der Waals surface area contributed by atoms with Gasteiger partial charge in [0.05, 0.1) is 12.6 Å². The second-order valence-electron chi connectivity index (χ2n) is 8.03. The molecule has 0 saturated heterocycles. The van der Waals surface area contributed by atoms with Gasteiger partial charge in [0.25, 0.3) is 0 Å². The first kappa shape index (κ1) is 32.3. The number of carbonyl (C=O) groups excluding carboxylic acids is 3. The summed E-state index contributed by atoms with van der Waals surface area (Å²) in [5.74, 6) is -3.35. The second-order valence-corrected chi connectivity index (χ2v) is 8.03. The Hall–Kier alpha value is -3.66. The molecule has 0 aliphatic carbocycles. The predicted octanol–water partition coefficient (Wildman–Crippen LogP) is -4.28. The molecule has 36 heavy (non-hydrogen) atoms. The highest BCUT2D eigenvalue weighted by atomic mass is 16.4. The lowest BCUT2D eigenvalue weighted by Crippen LogP contribution is -2.53. The number of hydrogen-bond acceptors (Lipinski definition) is 8. The Morgan fingerprint density at radius 1 is 0.750 bits per heavy atom. The average molecular weight is 516 g/mol. The predicted molar refractivity (Wildman–Crippen MR) is 135 cm³/mol. The van der Waals surface area contributed by atoms with E-state index in [2.05, 4.69) is 25.9 Å². The first-order valence-electron chi connectivity index (χ1n) is 11.6. The number of nitrogens with zero attached hydrogens (tertiary/aromatic N) is 2. The van der Waals surface area contributed by atoms with E-state index in [0.29, 0.717) is 38.6 Å². The molecule has 0 rings (SSSR count). The molecule has 0 spiro atoms. The number of carbonyl (C=O) groups is 4. The molecule has 0 unspecified atom stereocenters. The first-order valence-corrected chi connectivity index (χ1v) is 11.6. The number of unbranched alkanes of at least 4 members (excludes halogenated alkanes) is 1. The molecule has 16 heteroatoms. The Bertz CT molecular complexity index is 767. The van der Waals surface area contributed by atoms with Gasteiger partial charge in [-0.1, -0.05) is 6.42 Å². The Kier molecular flexibility index (Phi) is 16.7. The summed E-state index contributed by atoms with van der Waals surface area (Å²) in [7, 11) is 0. The molecule has 16 nitrogen and oxygen atoms in total. The van der Waals surface area contributed by atoms with E-state index in [9.17, 15) is 24.3 Å². The van der Waals surface area contributed by atoms with Crippen molar-refractivity contribution in [2.75, 3.05) is 26.2 Å². The van der Waals surface area contributed by atoms with E-state index in [1.165, 1.54) is 0 Å². The van der Waals surface area contributed by atoms with Gasteiger partial charge in [0.15, 0.2) is 11.9 Å². The van der Waals surface area contributed by atoms with Gasteiger partial charge in [-0.05, 0) is 45.1 Å². The number of aliphatic imine (C=N–C) groups is 2. The van der Waals surface area contributed by atoms with Crippen molar-refractivity contribution in [1.82, 2.24) is 16.0 Å². The first-order chi connectivity index (χ1) is 17.0. The molecular weight excluding hydrogens is 474 g/mol. The lowest BCUT2D eigenvalue weighted by molar-refractivity contribution is -0.142. The van der Waals surface area contributed by atoms with Crippen LogP contribution in [-0.4, -0.2) is 85.0 Å². The number of amides is 3. The maximum Gasteiger partial charge on any atom is 0.326 e. The number of hydrogen-bond donors (Lipinski definition) is 10. The Labute approximate surface area is 210 Å². The van der Waals surface area contributed by atoms with Crippen LogP contribution in [0.25, 0.3) is 0 Å². The van der Waals surface area contributed by atoms with E-state index in [1.807, 2.05) is 0 Å². The van der Waals surface area contributed by atoms with Crippen LogP contribution in [-0.2, 0) is 19.2 Å². The van der Waals surface area contributed by atoms with Gasteiger partial charge >= 0.3 is 5.97 Å². The summed E-state index contributed by atoms with van der Waals surface area (Å²) in [5, 5.41) is 16.6. The van der Waals surface area contributed by atoms with Crippen molar-refractivity contribution in [2.24, 2.45) is 44.4 Å². The fourth-order valence-corrected chi connectivity index (χ4v) is 2.99. The quantitative estimate of drug-likeness (QED) is 0.0445. The number of nitrogens with two attached hydrogens (primary N) is 6. The number of guanidine groups is 2. The van der Waals surface area contributed by atoms with E-state index in [4.69, 9.17) is 34.4 Å². The minimum Gasteiger partial charge on any atom is -0.480 e. The number of carboxylic acid groups (broad SMARTS) is 1. The molecule has 206 valence electrons. The lowest BCUT2D eigenvalue weighted by Gasteiger charge is -2.21. The standard InChI is InChI=1S/C20H41N11O5/c21-8-2-1-5-12(22)16(33)31-13(6-3-9-27-19(23)24)17(34)29-11-15(32)30-14(18(35)36)7-4-10-28-20(25)26/h12-14H,1-11,21-22H2,(H,29,34)(H,30,32)(H,31,33)(H,35,36)(H4,23,24,27)(H4,25,26,28)/t12-,13-,14-/m0/s1. The van der Waals surface area contributed by atoms with Crippen LogP contribution >= 0.6 is 0 Å². The van der Waals surface area contributed by atoms with Gasteiger partial charge in [-0.15, -0.1) is 0 Å². The zero-order valence-corrected chi connectivity index (χ0v) is 20.4. The van der Waals surface area contributed by atoms with Crippen molar-refractivity contribution in [3.8, 4) is 0 Å². The molecule has 0 bridgehead atoms. The average Bonchev–Trinajstić information content (AvgIpc) is 2.80. The Balaban J connectivity index is 4.93. The largest absolute Gasteiger partial charge is 0.480 e. The summed E-state index contributed by atoms with van der Waals surface area (Å²) in [5.41, 5.74) is 32.3. The van der Waals surface area contributed by atoms with Gasteiger partial charge in [0, 0.05) is 13.1 Å². The molecule has 0 heterocycles. The fraction of sp³-hybridized carbons (Fsp3) is 0.700. The smallest absolute Gasteiger partial charge is 0.326 e. The van der Waals surface area contributed by atoms with Gasteiger partial charge in [0.2, 0.25) is 17.7 Å². The number of rotatable bonds is 19. The van der Waals surface area contributed by atoms with E-state index >= 15 is 0 Å². The summed E-state index contributed by atoms with van der Waals surface area (Å²) in [6.07, 6.45) is 2.70. The van der Waals surface area contributed by atoms with Crippen LogP contribution in [0.3, 0.4) is 0 Å². The molecule has 16 N–H and O–H groups in total. The van der Waals surface area contributed by atoms with E-state index in [0.717, 1.165) is 0 Å². The molecular formula is C20H41N11O5. The molecule has 0 aliphatic rings. The zero-order chi connectivity index (χ0) is 27.5. The third-order valence-corrected chi connectivity index (χ3v) is 4.89. The Morgan fingerprint density at radius 2 is 1.31 bits per heavy atom. The summed E-state index contributed by atoms with van der Waals surface area (Å²) in [6.45, 7) is 0.407. The van der Waals surface area contributed by atoms with Gasteiger partial charge < -0.3 is 55.5 Å². The van der Waals surface area contributed by atoms with Gasteiger partial charge in [-0.2, -0.15) is 0 Å². The van der Waals surface area contributed by atoms with E-state index < -0.39 is 48.4 Å². The minimum absolute atomic E-state index is 0.0807. The fourth-order valence-electron chi connectivity index (χ4n) is 2.99. The third kappa shape index (κ3) is 16.0. The van der Waals surface area contributed by atoms with Crippen LogP contribution in [0.5, 0.6) is 0 Å². The van der Waals surface area contributed by atoms with Crippen molar-refractivity contribution in [3.05, 3.63) is 0 Å². The lowest BCUT2D eigenvalue weighted by atomic mass is 10.1. The van der Waals surface area contributed by atoms with Crippen molar-refractivity contribution < 1.29 is 24.3 Å². The summed E-state index contributed by atoms with van der Waals surface area (Å²) in [4.78, 5) is 56.3. The highest BCUT2D eigenvalue weighted by Gasteiger charge is 2.25. The van der Waals surface area contributed by atoms with Crippen LogP contribution in [0, 0.1) is 0 Å². The summed E-state index contributed by atoms with van der Waals surface area (Å²) in [6, 6.07) is -3.02. The number of aliphatic carboxylic acids is 1. The highest BCUT2D eigenvalue weighted by molar-refractivity contribution is 5.92. The highest BCUT2D eigenvalue weighted by Crippen LogP contribution is 2.03. The molecule has 0 fully saturated rings. The maximum atomic E-state index is 12.7. The van der Waals surface area contributed by atoms with E-state index in [-0.39, 0.29) is 37.9 Å². The summed E-state index contributed by atoms with van der Waals surface area (Å²) >= 11 is 0. The summed E-state index contributed by atoms with van der Waals surface area (Å²) < 4.78 is 0. The molecule has 3 atom stereocenters. The molecule has 0 aromatic heterocycles. The molecule has 0 saturated carbocycles. The molecule has 0 aromatic carbocycles.